The topological polar surface area (TPSA) is 29.1 Å². The highest BCUT2D eigenvalue weighted by atomic mass is 16.1. The monoisotopic (exact) mass is 205 g/mol. The zero-order chi connectivity index (χ0) is 11.3. The third-order valence-corrected chi connectivity index (χ3v) is 2.47. The first-order valence-corrected chi connectivity index (χ1v) is 5.71. The lowest BCUT2D eigenvalue weighted by Gasteiger charge is -2.17. The van der Waals surface area contributed by atoms with Gasteiger partial charge in [-0.2, -0.15) is 0 Å². The Bertz CT molecular complexity index is 344. The number of amides is 1. The Balaban J connectivity index is 0.000000531. The molecule has 2 heteroatoms. The molecule has 1 aromatic carbocycles. The maximum Gasteiger partial charge on any atom is 0.224 e. The molecule has 0 fully saturated rings. The molecule has 2 nitrogen and oxygen atoms in total. The predicted molar refractivity (Wildman–Crippen MR) is 64.1 cm³/mol. The molecule has 0 unspecified atom stereocenters. The summed E-state index contributed by atoms with van der Waals surface area (Å²) < 4.78 is 0. The van der Waals surface area contributed by atoms with Crippen LogP contribution in [0.2, 0.25) is 0 Å². The fourth-order valence-electron chi connectivity index (χ4n) is 1.66. The Morgan fingerprint density at radius 1 is 1.27 bits per heavy atom. The Kier molecular flexibility index (Phi) is 4.35. The van der Waals surface area contributed by atoms with Gasteiger partial charge in [0.05, 0.1) is 0 Å². The number of aryl methyl sites for hydroxylation is 2. The maximum atomic E-state index is 11.1. The Hall–Kier alpha value is -1.31. The molecule has 0 aliphatic carbocycles. The number of carbonyl (C=O) groups is 1. The standard InChI is InChI=1S/C11H13NO.C2H6/c1-2-8-3-5-10-9(7-8)4-6-11(13)12-10;1-2/h3,5,7H,2,4,6H2,1H3,(H,12,13);1-2H3. The van der Waals surface area contributed by atoms with Crippen LogP contribution in [-0.2, 0) is 17.6 Å². The molecular weight excluding hydrogens is 186 g/mol. The van der Waals surface area contributed by atoms with E-state index in [0.717, 1.165) is 18.5 Å². The van der Waals surface area contributed by atoms with Crippen LogP contribution in [0.25, 0.3) is 0 Å². The highest BCUT2D eigenvalue weighted by molar-refractivity contribution is 5.93. The summed E-state index contributed by atoms with van der Waals surface area (Å²) in [5.74, 6) is 0.136. The fraction of sp³-hybridized carbons (Fsp3) is 0.462. The quantitative estimate of drug-likeness (QED) is 0.749. The molecule has 0 radical (unpaired) electrons. The molecule has 1 aliphatic rings. The molecular formula is C13H19NO. The molecule has 1 aromatic rings. The number of hydrogen-bond donors (Lipinski definition) is 1. The van der Waals surface area contributed by atoms with Crippen molar-refractivity contribution in [2.75, 3.05) is 5.32 Å². The first-order chi connectivity index (χ1) is 7.29. The Morgan fingerprint density at radius 2 is 2.00 bits per heavy atom. The van der Waals surface area contributed by atoms with Gasteiger partial charge in [0, 0.05) is 12.1 Å². The summed E-state index contributed by atoms with van der Waals surface area (Å²) in [6.45, 7) is 6.14. The average molecular weight is 205 g/mol. The van der Waals surface area contributed by atoms with Crippen molar-refractivity contribution in [2.45, 2.75) is 40.0 Å². The van der Waals surface area contributed by atoms with Crippen LogP contribution in [0.4, 0.5) is 5.69 Å². The van der Waals surface area contributed by atoms with Gasteiger partial charge in [0.1, 0.15) is 0 Å². The molecule has 0 aromatic heterocycles. The number of nitrogens with one attached hydrogen (secondary N) is 1. The van der Waals surface area contributed by atoms with E-state index in [2.05, 4.69) is 24.4 Å². The van der Waals surface area contributed by atoms with Crippen molar-refractivity contribution in [1.29, 1.82) is 0 Å². The third kappa shape index (κ3) is 2.82. The van der Waals surface area contributed by atoms with Crippen molar-refractivity contribution >= 4 is 11.6 Å². The molecule has 1 aliphatic heterocycles. The predicted octanol–water partition coefficient (Wildman–Crippen LogP) is 3.16. The van der Waals surface area contributed by atoms with Gasteiger partial charge >= 0.3 is 0 Å². The van der Waals surface area contributed by atoms with Gasteiger partial charge in [0.15, 0.2) is 0 Å². The molecule has 1 amide bonds. The van der Waals surface area contributed by atoms with E-state index in [4.69, 9.17) is 0 Å². The summed E-state index contributed by atoms with van der Waals surface area (Å²) in [6.07, 6.45) is 2.57. The van der Waals surface area contributed by atoms with Crippen molar-refractivity contribution in [2.24, 2.45) is 0 Å². The highest BCUT2D eigenvalue weighted by Gasteiger charge is 2.13. The molecule has 82 valence electrons. The fourth-order valence-corrected chi connectivity index (χ4v) is 1.66. The van der Waals surface area contributed by atoms with E-state index in [9.17, 15) is 4.79 Å². The van der Waals surface area contributed by atoms with E-state index >= 15 is 0 Å². The van der Waals surface area contributed by atoms with Crippen LogP contribution < -0.4 is 5.32 Å². The lowest BCUT2D eigenvalue weighted by atomic mass is 10.00. The first-order valence-electron chi connectivity index (χ1n) is 5.71. The minimum Gasteiger partial charge on any atom is -0.326 e. The van der Waals surface area contributed by atoms with E-state index in [0.29, 0.717) is 6.42 Å². The largest absolute Gasteiger partial charge is 0.326 e. The first kappa shape index (κ1) is 11.8. The van der Waals surface area contributed by atoms with Gasteiger partial charge in [0.2, 0.25) is 5.91 Å². The van der Waals surface area contributed by atoms with Crippen LogP contribution in [0.5, 0.6) is 0 Å². The molecule has 0 spiro atoms. The molecule has 0 bridgehead atoms. The summed E-state index contributed by atoms with van der Waals surface area (Å²) >= 11 is 0. The lowest BCUT2D eigenvalue weighted by molar-refractivity contribution is -0.116. The molecule has 0 saturated heterocycles. The van der Waals surface area contributed by atoms with Gasteiger partial charge in [0.25, 0.3) is 0 Å². The minimum atomic E-state index is 0.136. The molecule has 1 N–H and O–H groups in total. The van der Waals surface area contributed by atoms with Gasteiger partial charge in [-0.25, -0.2) is 0 Å². The SMILES string of the molecule is CC.CCc1ccc2c(c1)CCC(=O)N2. The molecule has 15 heavy (non-hydrogen) atoms. The van der Waals surface area contributed by atoms with Crippen LogP contribution >= 0.6 is 0 Å². The van der Waals surface area contributed by atoms with Crippen molar-refractivity contribution in [3.8, 4) is 0 Å². The van der Waals surface area contributed by atoms with Crippen molar-refractivity contribution in [1.82, 2.24) is 0 Å². The molecule has 0 atom stereocenters. The zero-order valence-electron chi connectivity index (χ0n) is 9.76. The van der Waals surface area contributed by atoms with Gasteiger partial charge < -0.3 is 5.32 Å². The van der Waals surface area contributed by atoms with Crippen LogP contribution in [-0.4, -0.2) is 5.91 Å². The Morgan fingerprint density at radius 3 is 2.67 bits per heavy atom. The summed E-state index contributed by atoms with van der Waals surface area (Å²) in [5.41, 5.74) is 3.61. The molecule has 2 rings (SSSR count). The number of hydrogen-bond acceptors (Lipinski definition) is 1. The molecule has 0 saturated carbocycles. The second-order valence-electron chi connectivity index (χ2n) is 3.39. The molecule has 1 heterocycles. The third-order valence-electron chi connectivity index (χ3n) is 2.47. The maximum absolute atomic E-state index is 11.1. The second kappa shape index (κ2) is 5.54. The van der Waals surface area contributed by atoms with E-state index in [-0.39, 0.29) is 5.91 Å². The smallest absolute Gasteiger partial charge is 0.224 e. The zero-order valence-corrected chi connectivity index (χ0v) is 9.76. The summed E-state index contributed by atoms with van der Waals surface area (Å²) in [5, 5.41) is 2.87. The number of benzene rings is 1. The summed E-state index contributed by atoms with van der Waals surface area (Å²) in [4.78, 5) is 11.1. The van der Waals surface area contributed by atoms with Gasteiger partial charge in [-0.05, 0) is 30.0 Å². The number of fused-ring (bicyclic) bond motifs is 1. The van der Waals surface area contributed by atoms with E-state index < -0.39 is 0 Å². The van der Waals surface area contributed by atoms with E-state index in [1.807, 2.05) is 19.9 Å². The highest BCUT2D eigenvalue weighted by Crippen LogP contribution is 2.23. The van der Waals surface area contributed by atoms with Gasteiger partial charge in [-0.15, -0.1) is 0 Å². The van der Waals surface area contributed by atoms with E-state index in [1.54, 1.807) is 0 Å². The minimum absolute atomic E-state index is 0.136. The van der Waals surface area contributed by atoms with Crippen molar-refractivity contribution < 1.29 is 4.79 Å². The van der Waals surface area contributed by atoms with E-state index in [1.165, 1.54) is 11.1 Å². The second-order valence-corrected chi connectivity index (χ2v) is 3.39. The van der Waals surface area contributed by atoms with Crippen LogP contribution in [0.15, 0.2) is 18.2 Å². The summed E-state index contributed by atoms with van der Waals surface area (Å²) in [6, 6.07) is 6.27. The Labute approximate surface area is 91.7 Å². The number of anilines is 1. The summed E-state index contributed by atoms with van der Waals surface area (Å²) in [7, 11) is 0. The van der Waals surface area contributed by atoms with Gasteiger partial charge in [-0.3, -0.25) is 4.79 Å². The number of carbonyl (C=O) groups excluding carboxylic acids is 1. The van der Waals surface area contributed by atoms with Crippen LogP contribution in [0.3, 0.4) is 0 Å². The number of rotatable bonds is 1. The average Bonchev–Trinajstić information content (AvgIpc) is 2.31. The van der Waals surface area contributed by atoms with Crippen molar-refractivity contribution in [3.63, 3.8) is 0 Å². The van der Waals surface area contributed by atoms with Crippen LogP contribution in [0.1, 0.15) is 38.3 Å². The normalized spacial score (nSPS) is 13.4. The van der Waals surface area contributed by atoms with Crippen molar-refractivity contribution in [3.05, 3.63) is 29.3 Å². The lowest BCUT2D eigenvalue weighted by Crippen LogP contribution is -2.18. The van der Waals surface area contributed by atoms with Crippen LogP contribution in [0, 0.1) is 0 Å². The van der Waals surface area contributed by atoms with Gasteiger partial charge in [-0.1, -0.05) is 32.9 Å².